The number of ether oxygens (including phenoxy) is 1. The van der Waals surface area contributed by atoms with Crippen molar-refractivity contribution in [2.75, 3.05) is 13.2 Å². The number of hydrogen-bond acceptors (Lipinski definition) is 3. The second-order valence-electron chi connectivity index (χ2n) is 3.97. The topological polar surface area (TPSA) is 52.3 Å². The third-order valence-electron chi connectivity index (χ3n) is 2.88. The van der Waals surface area contributed by atoms with Gasteiger partial charge in [0.2, 0.25) is 0 Å². The lowest BCUT2D eigenvalue weighted by Gasteiger charge is -2.28. The molecule has 0 rings (SSSR count). The predicted molar refractivity (Wildman–Crippen MR) is 58.2 cm³/mol. The van der Waals surface area contributed by atoms with Gasteiger partial charge in [0, 0.05) is 12.0 Å². The smallest absolute Gasteiger partial charge is 0.165 e. The zero-order valence-corrected chi connectivity index (χ0v) is 9.80. The fraction of sp³-hybridized carbons (Fsp3) is 0.909. The summed E-state index contributed by atoms with van der Waals surface area (Å²) in [6.07, 6.45) is 1.68. The highest BCUT2D eigenvalue weighted by Gasteiger charge is 2.32. The molecule has 2 N–H and O–H groups in total. The van der Waals surface area contributed by atoms with Gasteiger partial charge in [-0.1, -0.05) is 13.8 Å². The molecule has 0 aliphatic carbocycles. The van der Waals surface area contributed by atoms with E-state index in [1.54, 1.807) is 0 Å². The summed E-state index contributed by atoms with van der Waals surface area (Å²) in [7, 11) is 0. The van der Waals surface area contributed by atoms with E-state index in [2.05, 4.69) is 0 Å². The van der Waals surface area contributed by atoms with Gasteiger partial charge in [-0.3, -0.25) is 4.79 Å². The molecule has 0 aromatic carbocycles. The first-order valence-corrected chi connectivity index (χ1v) is 5.37. The van der Waals surface area contributed by atoms with Crippen LogP contribution in [0.1, 0.15) is 40.5 Å². The standard InChI is InChI=1S/C11H23NO2/c1-5-11(6-2,8-12)10(13)7-14-9(3)4/h9H,5-8,12H2,1-4H3. The molecule has 3 nitrogen and oxygen atoms in total. The average molecular weight is 201 g/mol. The quantitative estimate of drug-likeness (QED) is 0.682. The van der Waals surface area contributed by atoms with Crippen LogP contribution in [-0.4, -0.2) is 25.0 Å². The first-order chi connectivity index (χ1) is 6.52. The van der Waals surface area contributed by atoms with E-state index in [0.29, 0.717) is 6.54 Å². The summed E-state index contributed by atoms with van der Waals surface area (Å²) >= 11 is 0. The molecule has 0 fully saturated rings. The number of carbonyl (C=O) groups is 1. The minimum atomic E-state index is -0.366. The van der Waals surface area contributed by atoms with Crippen LogP contribution in [0, 0.1) is 5.41 Å². The van der Waals surface area contributed by atoms with Crippen molar-refractivity contribution in [3.8, 4) is 0 Å². The molecule has 0 radical (unpaired) electrons. The summed E-state index contributed by atoms with van der Waals surface area (Å²) in [6, 6.07) is 0. The Balaban J connectivity index is 4.29. The molecule has 0 heterocycles. The van der Waals surface area contributed by atoms with Gasteiger partial charge in [-0.25, -0.2) is 0 Å². The van der Waals surface area contributed by atoms with E-state index in [4.69, 9.17) is 10.5 Å². The highest BCUT2D eigenvalue weighted by Crippen LogP contribution is 2.26. The van der Waals surface area contributed by atoms with Gasteiger partial charge in [-0.05, 0) is 26.7 Å². The van der Waals surface area contributed by atoms with Crippen LogP contribution in [0.5, 0.6) is 0 Å². The van der Waals surface area contributed by atoms with Crippen LogP contribution in [0.3, 0.4) is 0 Å². The Bertz CT molecular complexity index is 166. The Hall–Kier alpha value is -0.410. The fourth-order valence-corrected chi connectivity index (χ4v) is 1.44. The van der Waals surface area contributed by atoms with Crippen LogP contribution in [0.25, 0.3) is 0 Å². The molecule has 0 bridgehead atoms. The van der Waals surface area contributed by atoms with E-state index >= 15 is 0 Å². The van der Waals surface area contributed by atoms with Gasteiger partial charge in [0.1, 0.15) is 6.61 Å². The lowest BCUT2D eigenvalue weighted by Crippen LogP contribution is -2.40. The minimum absolute atomic E-state index is 0.100. The number of rotatable bonds is 7. The van der Waals surface area contributed by atoms with Crippen LogP contribution in [0.15, 0.2) is 0 Å². The van der Waals surface area contributed by atoms with Gasteiger partial charge < -0.3 is 10.5 Å². The van der Waals surface area contributed by atoms with Gasteiger partial charge in [0.25, 0.3) is 0 Å². The van der Waals surface area contributed by atoms with E-state index in [1.807, 2.05) is 27.7 Å². The largest absolute Gasteiger partial charge is 0.371 e. The molecule has 0 amide bonds. The third-order valence-corrected chi connectivity index (χ3v) is 2.88. The maximum Gasteiger partial charge on any atom is 0.165 e. The third kappa shape index (κ3) is 3.39. The normalized spacial score (nSPS) is 12.1. The molecule has 0 saturated heterocycles. The monoisotopic (exact) mass is 201 g/mol. The fourth-order valence-electron chi connectivity index (χ4n) is 1.44. The first kappa shape index (κ1) is 13.6. The zero-order valence-electron chi connectivity index (χ0n) is 9.80. The maximum absolute atomic E-state index is 11.9. The SMILES string of the molecule is CCC(CC)(CN)C(=O)COC(C)C. The summed E-state index contributed by atoms with van der Waals surface area (Å²) in [4.78, 5) is 11.9. The molecule has 14 heavy (non-hydrogen) atoms. The van der Waals surface area contributed by atoms with E-state index in [1.165, 1.54) is 0 Å². The van der Waals surface area contributed by atoms with Crippen LogP contribution in [0.4, 0.5) is 0 Å². The summed E-state index contributed by atoms with van der Waals surface area (Å²) in [5.74, 6) is 0.138. The zero-order chi connectivity index (χ0) is 11.2. The van der Waals surface area contributed by atoms with Gasteiger partial charge in [0.05, 0.1) is 6.10 Å². The summed E-state index contributed by atoms with van der Waals surface area (Å²) in [6.45, 7) is 8.47. The predicted octanol–water partition coefficient (Wildman–Crippen LogP) is 1.75. The van der Waals surface area contributed by atoms with E-state index in [-0.39, 0.29) is 23.9 Å². The van der Waals surface area contributed by atoms with Crippen molar-refractivity contribution in [2.24, 2.45) is 11.1 Å². The maximum atomic E-state index is 11.9. The summed E-state index contributed by atoms with van der Waals surface area (Å²) < 4.78 is 5.31. The van der Waals surface area contributed by atoms with Crippen molar-refractivity contribution in [2.45, 2.75) is 46.6 Å². The second kappa shape index (κ2) is 6.14. The van der Waals surface area contributed by atoms with Gasteiger partial charge in [0.15, 0.2) is 5.78 Å². The van der Waals surface area contributed by atoms with Crippen LogP contribution >= 0.6 is 0 Å². The first-order valence-electron chi connectivity index (χ1n) is 5.37. The number of ketones is 1. The molecule has 0 spiro atoms. The molecule has 0 aromatic rings. The average Bonchev–Trinajstić information content (AvgIpc) is 2.18. The lowest BCUT2D eigenvalue weighted by atomic mass is 9.78. The van der Waals surface area contributed by atoms with Gasteiger partial charge >= 0.3 is 0 Å². The summed E-state index contributed by atoms with van der Waals surface area (Å²) in [5.41, 5.74) is 5.29. The van der Waals surface area contributed by atoms with Crippen molar-refractivity contribution >= 4 is 5.78 Å². The molecule has 0 atom stereocenters. The Labute approximate surface area is 87.0 Å². The van der Waals surface area contributed by atoms with Crippen LogP contribution in [0.2, 0.25) is 0 Å². The highest BCUT2D eigenvalue weighted by atomic mass is 16.5. The van der Waals surface area contributed by atoms with E-state index in [0.717, 1.165) is 12.8 Å². The number of nitrogens with two attached hydrogens (primary N) is 1. The van der Waals surface area contributed by atoms with Crippen molar-refractivity contribution in [3.05, 3.63) is 0 Å². The molecule has 84 valence electrons. The van der Waals surface area contributed by atoms with Crippen LogP contribution < -0.4 is 5.73 Å². The minimum Gasteiger partial charge on any atom is -0.371 e. The van der Waals surface area contributed by atoms with Gasteiger partial charge in [-0.15, -0.1) is 0 Å². The number of Topliss-reactive ketones (excluding diaryl/α,β-unsaturated/α-hetero) is 1. The summed E-state index contributed by atoms with van der Waals surface area (Å²) in [5, 5.41) is 0. The van der Waals surface area contributed by atoms with Crippen molar-refractivity contribution in [3.63, 3.8) is 0 Å². The van der Waals surface area contributed by atoms with E-state index in [9.17, 15) is 4.79 Å². The Kier molecular flexibility index (Phi) is 5.96. The van der Waals surface area contributed by atoms with Gasteiger partial charge in [-0.2, -0.15) is 0 Å². The molecule has 3 heteroatoms. The molecule has 0 aliphatic heterocycles. The van der Waals surface area contributed by atoms with E-state index < -0.39 is 0 Å². The molecular weight excluding hydrogens is 178 g/mol. The van der Waals surface area contributed by atoms with Crippen molar-refractivity contribution in [1.29, 1.82) is 0 Å². The Morgan fingerprint density at radius 1 is 1.36 bits per heavy atom. The van der Waals surface area contributed by atoms with Crippen molar-refractivity contribution in [1.82, 2.24) is 0 Å². The molecule has 0 aliphatic rings. The molecular formula is C11H23NO2. The molecule has 0 aromatic heterocycles. The highest BCUT2D eigenvalue weighted by molar-refractivity contribution is 5.86. The Morgan fingerprint density at radius 3 is 2.14 bits per heavy atom. The lowest BCUT2D eigenvalue weighted by molar-refractivity contribution is -0.135. The van der Waals surface area contributed by atoms with Crippen LogP contribution in [-0.2, 0) is 9.53 Å². The number of hydrogen-bond donors (Lipinski definition) is 1. The Morgan fingerprint density at radius 2 is 1.86 bits per heavy atom. The molecule has 0 saturated carbocycles. The molecule has 0 unspecified atom stereocenters. The second-order valence-corrected chi connectivity index (χ2v) is 3.97. The van der Waals surface area contributed by atoms with Crippen molar-refractivity contribution < 1.29 is 9.53 Å². The number of carbonyl (C=O) groups excluding carboxylic acids is 1.